The van der Waals surface area contributed by atoms with Gasteiger partial charge in [0.2, 0.25) is 16.0 Å². The van der Waals surface area contributed by atoms with Gasteiger partial charge in [0.25, 0.3) is 0 Å². The fourth-order valence-corrected chi connectivity index (χ4v) is 3.78. The smallest absolute Gasteiger partial charge is 0.246 e. The molecule has 0 aromatic carbocycles. The molecule has 6 nitrogen and oxygen atoms in total. The molecule has 19 heavy (non-hydrogen) atoms. The molecule has 0 bridgehead atoms. The van der Waals surface area contributed by atoms with Crippen LogP contribution < -0.4 is 5.73 Å². The Morgan fingerprint density at radius 2 is 2.00 bits per heavy atom. The summed E-state index contributed by atoms with van der Waals surface area (Å²) in [6.45, 7) is 3.30. The van der Waals surface area contributed by atoms with E-state index in [-0.39, 0.29) is 10.8 Å². The van der Waals surface area contributed by atoms with Gasteiger partial charge in [-0.15, -0.1) is 0 Å². The fourth-order valence-electron chi connectivity index (χ4n) is 2.40. The van der Waals surface area contributed by atoms with Crippen LogP contribution in [0.3, 0.4) is 0 Å². The minimum absolute atomic E-state index is 0.0841. The maximum Gasteiger partial charge on any atom is 0.246 e. The van der Waals surface area contributed by atoms with Gasteiger partial charge in [-0.2, -0.15) is 4.31 Å². The first-order valence-electron chi connectivity index (χ1n) is 6.61. The van der Waals surface area contributed by atoms with Crippen molar-refractivity contribution in [3.05, 3.63) is 12.4 Å². The first kappa shape index (κ1) is 14.2. The molecule has 0 saturated carbocycles. The predicted molar refractivity (Wildman–Crippen MR) is 72.8 cm³/mol. The van der Waals surface area contributed by atoms with Crippen molar-refractivity contribution in [2.75, 3.05) is 18.8 Å². The highest BCUT2D eigenvalue weighted by Gasteiger charge is 2.27. The molecule has 0 aliphatic carbocycles. The van der Waals surface area contributed by atoms with Crippen LogP contribution in [0, 0.1) is 5.92 Å². The molecule has 1 aliphatic heterocycles. The van der Waals surface area contributed by atoms with Crippen LogP contribution in [0.25, 0.3) is 0 Å². The van der Waals surface area contributed by atoms with E-state index in [1.165, 1.54) is 16.7 Å². The number of nitrogens with zero attached hydrogens (tertiary/aromatic N) is 3. The van der Waals surface area contributed by atoms with E-state index in [0.717, 1.165) is 25.7 Å². The van der Waals surface area contributed by atoms with E-state index in [1.807, 2.05) is 0 Å². The Kier molecular flexibility index (Phi) is 4.36. The number of aromatic nitrogens is 2. The van der Waals surface area contributed by atoms with Crippen molar-refractivity contribution in [1.29, 1.82) is 0 Å². The van der Waals surface area contributed by atoms with Gasteiger partial charge in [0.05, 0.1) is 12.4 Å². The summed E-state index contributed by atoms with van der Waals surface area (Å²) >= 11 is 0. The number of rotatable bonds is 3. The van der Waals surface area contributed by atoms with Crippen LogP contribution in [0.5, 0.6) is 0 Å². The third kappa shape index (κ3) is 3.22. The lowest BCUT2D eigenvalue weighted by Crippen LogP contribution is -2.32. The van der Waals surface area contributed by atoms with E-state index in [4.69, 9.17) is 5.73 Å². The Balaban J connectivity index is 2.17. The Bertz CT molecular complexity index is 515. The van der Waals surface area contributed by atoms with E-state index in [1.54, 1.807) is 0 Å². The molecule has 1 aromatic heterocycles. The Morgan fingerprint density at radius 3 is 2.63 bits per heavy atom. The Morgan fingerprint density at radius 1 is 1.32 bits per heavy atom. The van der Waals surface area contributed by atoms with Gasteiger partial charge >= 0.3 is 0 Å². The number of nitrogens with two attached hydrogens (primary N) is 1. The molecular weight excluding hydrogens is 264 g/mol. The first-order valence-corrected chi connectivity index (χ1v) is 8.05. The third-order valence-corrected chi connectivity index (χ3v) is 5.52. The van der Waals surface area contributed by atoms with E-state index in [0.29, 0.717) is 19.0 Å². The zero-order chi connectivity index (χ0) is 13.9. The largest absolute Gasteiger partial charge is 0.368 e. The summed E-state index contributed by atoms with van der Waals surface area (Å²) in [4.78, 5) is 7.63. The summed E-state index contributed by atoms with van der Waals surface area (Å²) in [6, 6.07) is 0. The van der Waals surface area contributed by atoms with Crippen LogP contribution in [-0.2, 0) is 10.0 Å². The Labute approximate surface area is 114 Å². The number of nitrogen functional groups attached to an aromatic ring is 1. The highest BCUT2D eigenvalue weighted by atomic mass is 32.2. The van der Waals surface area contributed by atoms with Gasteiger partial charge in [-0.25, -0.2) is 18.4 Å². The number of sulfonamides is 1. The second-order valence-electron chi connectivity index (χ2n) is 4.89. The van der Waals surface area contributed by atoms with Gasteiger partial charge in [-0.3, -0.25) is 0 Å². The average Bonchev–Trinajstić information content (AvgIpc) is 2.65. The van der Waals surface area contributed by atoms with Crippen molar-refractivity contribution in [1.82, 2.24) is 14.3 Å². The van der Waals surface area contributed by atoms with Gasteiger partial charge in [0.1, 0.15) is 4.90 Å². The number of hydrogen-bond acceptors (Lipinski definition) is 5. The summed E-state index contributed by atoms with van der Waals surface area (Å²) in [6.07, 6.45) is 6.60. The summed E-state index contributed by atoms with van der Waals surface area (Å²) in [5.74, 6) is 0.712. The lowest BCUT2D eigenvalue weighted by atomic mass is 9.98. The molecule has 7 heteroatoms. The maximum atomic E-state index is 12.5. The van der Waals surface area contributed by atoms with E-state index < -0.39 is 10.0 Å². The number of hydrogen-bond donors (Lipinski definition) is 1. The fraction of sp³-hybridized carbons (Fsp3) is 0.667. The van der Waals surface area contributed by atoms with E-state index >= 15 is 0 Å². The van der Waals surface area contributed by atoms with Crippen molar-refractivity contribution < 1.29 is 8.42 Å². The molecule has 1 saturated heterocycles. The highest BCUT2D eigenvalue weighted by Crippen LogP contribution is 2.24. The zero-order valence-electron chi connectivity index (χ0n) is 11.1. The zero-order valence-corrected chi connectivity index (χ0v) is 11.9. The van der Waals surface area contributed by atoms with Crippen molar-refractivity contribution in [3.8, 4) is 0 Å². The molecule has 2 rings (SSSR count). The molecule has 0 radical (unpaired) electrons. The average molecular weight is 284 g/mol. The lowest BCUT2D eigenvalue weighted by Gasteiger charge is -2.19. The third-order valence-electron chi connectivity index (χ3n) is 3.67. The Hall–Kier alpha value is -1.21. The molecule has 1 aromatic rings. The van der Waals surface area contributed by atoms with E-state index in [9.17, 15) is 8.42 Å². The molecule has 1 aliphatic rings. The summed E-state index contributed by atoms with van der Waals surface area (Å²) in [5.41, 5.74) is 5.38. The molecule has 2 heterocycles. The molecule has 0 amide bonds. The summed E-state index contributed by atoms with van der Waals surface area (Å²) in [7, 11) is -3.48. The van der Waals surface area contributed by atoms with Gasteiger partial charge < -0.3 is 5.73 Å². The van der Waals surface area contributed by atoms with Gasteiger partial charge in [-0.05, 0) is 25.2 Å². The quantitative estimate of drug-likeness (QED) is 0.902. The van der Waals surface area contributed by atoms with Crippen LogP contribution in [0.1, 0.15) is 32.6 Å². The standard InChI is InChI=1S/C12H20N4O2S/c1-2-10-4-3-6-16(7-5-10)19(17,18)11-8-14-12(13)15-9-11/h8-10H,2-7H2,1H3,(H2,13,14,15). The second-order valence-corrected chi connectivity index (χ2v) is 6.82. The van der Waals surface area contributed by atoms with Gasteiger partial charge in [0, 0.05) is 13.1 Å². The van der Waals surface area contributed by atoms with Crippen LogP contribution in [0.15, 0.2) is 17.3 Å². The topological polar surface area (TPSA) is 89.2 Å². The van der Waals surface area contributed by atoms with Crippen LogP contribution in [0.2, 0.25) is 0 Å². The van der Waals surface area contributed by atoms with Crippen molar-refractivity contribution in [2.24, 2.45) is 5.92 Å². The van der Waals surface area contributed by atoms with Gasteiger partial charge in [0.15, 0.2) is 0 Å². The van der Waals surface area contributed by atoms with Crippen molar-refractivity contribution >= 4 is 16.0 Å². The van der Waals surface area contributed by atoms with Crippen LogP contribution in [-0.4, -0.2) is 35.8 Å². The summed E-state index contributed by atoms with van der Waals surface area (Å²) < 4.78 is 26.4. The molecule has 1 unspecified atom stereocenters. The van der Waals surface area contributed by atoms with Crippen LogP contribution >= 0.6 is 0 Å². The molecule has 0 spiro atoms. The van der Waals surface area contributed by atoms with Gasteiger partial charge in [-0.1, -0.05) is 13.3 Å². The second kappa shape index (κ2) is 5.83. The highest BCUT2D eigenvalue weighted by molar-refractivity contribution is 7.89. The lowest BCUT2D eigenvalue weighted by molar-refractivity contribution is 0.407. The van der Waals surface area contributed by atoms with Crippen molar-refractivity contribution in [3.63, 3.8) is 0 Å². The molecule has 1 fully saturated rings. The first-order chi connectivity index (χ1) is 9.04. The minimum Gasteiger partial charge on any atom is -0.368 e. The summed E-state index contributed by atoms with van der Waals surface area (Å²) in [5, 5.41) is 0. The number of anilines is 1. The molecule has 106 valence electrons. The molecular formula is C12H20N4O2S. The van der Waals surface area contributed by atoms with Crippen LogP contribution in [0.4, 0.5) is 5.95 Å². The molecule has 1 atom stereocenters. The predicted octanol–water partition coefficient (Wildman–Crippen LogP) is 1.26. The van der Waals surface area contributed by atoms with Crippen molar-refractivity contribution in [2.45, 2.75) is 37.5 Å². The SMILES string of the molecule is CCC1CCCN(S(=O)(=O)c2cnc(N)nc2)CC1. The normalized spacial score (nSPS) is 22.1. The van der Waals surface area contributed by atoms with E-state index in [2.05, 4.69) is 16.9 Å². The maximum absolute atomic E-state index is 12.5. The molecule has 2 N–H and O–H groups in total. The monoisotopic (exact) mass is 284 g/mol. The minimum atomic E-state index is -3.48.